The van der Waals surface area contributed by atoms with Crippen molar-refractivity contribution < 1.29 is 13.5 Å². The largest absolute Gasteiger partial charge is 0.386 e. The SMILES string of the molecule is C[C](O)C[SH](=O)=O. The lowest BCUT2D eigenvalue weighted by molar-refractivity contribution is 0.327. The van der Waals surface area contributed by atoms with Crippen LogP contribution >= 0.6 is 0 Å². The van der Waals surface area contributed by atoms with Crippen LogP contribution in [0.1, 0.15) is 6.92 Å². The van der Waals surface area contributed by atoms with Crippen LogP contribution in [0.2, 0.25) is 0 Å². The molecular formula is C3H7O3S. The smallest absolute Gasteiger partial charge is 0.143 e. The molecule has 0 bridgehead atoms. The van der Waals surface area contributed by atoms with Crippen LogP contribution in [0.4, 0.5) is 0 Å². The highest BCUT2D eigenvalue weighted by Gasteiger charge is 1.94. The minimum Gasteiger partial charge on any atom is -0.386 e. The lowest BCUT2D eigenvalue weighted by atomic mass is 10.5. The first-order valence-corrected chi connectivity index (χ1v) is 3.12. The van der Waals surface area contributed by atoms with Gasteiger partial charge in [-0.3, -0.25) is 0 Å². The quantitative estimate of drug-likeness (QED) is 0.488. The molecule has 4 heteroatoms. The Labute approximate surface area is 43.9 Å². The maximum absolute atomic E-state index is 9.67. The number of rotatable bonds is 2. The van der Waals surface area contributed by atoms with E-state index in [0.29, 0.717) is 0 Å². The molecule has 0 unspecified atom stereocenters. The van der Waals surface area contributed by atoms with Crippen LogP contribution < -0.4 is 0 Å². The van der Waals surface area contributed by atoms with Gasteiger partial charge in [-0.1, -0.05) is 0 Å². The van der Waals surface area contributed by atoms with Crippen LogP contribution in [0.5, 0.6) is 0 Å². The minimum atomic E-state index is -2.43. The highest BCUT2D eigenvalue weighted by molar-refractivity contribution is 7.72. The highest BCUT2D eigenvalue weighted by atomic mass is 32.2. The van der Waals surface area contributed by atoms with Gasteiger partial charge < -0.3 is 5.11 Å². The number of hydrogen-bond acceptors (Lipinski definition) is 3. The Kier molecular flexibility index (Phi) is 2.95. The van der Waals surface area contributed by atoms with E-state index in [1.807, 2.05) is 0 Å². The van der Waals surface area contributed by atoms with Crippen LogP contribution in [0, 0.1) is 6.10 Å². The van der Waals surface area contributed by atoms with Crippen molar-refractivity contribution in [2.75, 3.05) is 5.75 Å². The standard InChI is InChI=1S/C3H7O3S/c1-3(4)2-7(5)6/h4,7H,2H2,1H3. The van der Waals surface area contributed by atoms with Crippen LogP contribution in [-0.4, -0.2) is 19.3 Å². The van der Waals surface area contributed by atoms with Crippen molar-refractivity contribution in [3.05, 3.63) is 6.10 Å². The molecule has 0 heterocycles. The Morgan fingerprint density at radius 3 is 2.14 bits per heavy atom. The fraction of sp³-hybridized carbons (Fsp3) is 0.667. The van der Waals surface area contributed by atoms with Crippen molar-refractivity contribution in [3.8, 4) is 0 Å². The van der Waals surface area contributed by atoms with E-state index in [4.69, 9.17) is 5.11 Å². The summed E-state index contributed by atoms with van der Waals surface area (Å²) in [6, 6.07) is 0. The normalized spacial score (nSPS) is 10.9. The molecule has 7 heavy (non-hydrogen) atoms. The summed E-state index contributed by atoms with van der Waals surface area (Å²) in [5.74, 6) is -0.213. The lowest BCUT2D eigenvalue weighted by Crippen LogP contribution is -1.97. The molecule has 0 fully saturated rings. The van der Waals surface area contributed by atoms with Gasteiger partial charge in [0.25, 0.3) is 0 Å². The van der Waals surface area contributed by atoms with Gasteiger partial charge in [-0.05, 0) is 6.92 Å². The van der Waals surface area contributed by atoms with Gasteiger partial charge >= 0.3 is 0 Å². The number of aliphatic hydroxyl groups is 1. The molecule has 0 aromatic heterocycles. The monoisotopic (exact) mass is 123 g/mol. The van der Waals surface area contributed by atoms with Gasteiger partial charge in [-0.25, -0.2) is 8.42 Å². The zero-order valence-electron chi connectivity index (χ0n) is 3.92. The van der Waals surface area contributed by atoms with E-state index in [1.165, 1.54) is 6.92 Å². The molecule has 0 aromatic rings. The predicted octanol–water partition coefficient (Wildman–Crippen LogP) is -0.478. The van der Waals surface area contributed by atoms with Crippen molar-refractivity contribution in [1.29, 1.82) is 0 Å². The van der Waals surface area contributed by atoms with Gasteiger partial charge in [-0.15, -0.1) is 0 Å². The van der Waals surface area contributed by atoms with Crippen LogP contribution in [-0.2, 0) is 10.7 Å². The molecule has 0 atom stereocenters. The first-order valence-electron chi connectivity index (χ1n) is 1.76. The Bertz CT molecular complexity index is 96.7. The summed E-state index contributed by atoms with van der Waals surface area (Å²) in [6.45, 7) is 1.35. The molecule has 0 aliphatic carbocycles. The first kappa shape index (κ1) is 6.91. The average Bonchev–Trinajstić information content (AvgIpc) is 1.27. The molecule has 43 valence electrons. The third-order valence-electron chi connectivity index (χ3n) is 0.358. The van der Waals surface area contributed by atoms with Crippen LogP contribution in [0.3, 0.4) is 0 Å². The van der Waals surface area contributed by atoms with E-state index in [2.05, 4.69) is 0 Å². The molecule has 1 N–H and O–H groups in total. The molecule has 0 amide bonds. The summed E-state index contributed by atoms with van der Waals surface area (Å²) in [6.07, 6.45) is -0.0592. The van der Waals surface area contributed by atoms with E-state index in [1.54, 1.807) is 0 Å². The number of thiol groups is 1. The Balaban J connectivity index is 3.32. The Morgan fingerprint density at radius 2 is 2.14 bits per heavy atom. The predicted molar refractivity (Wildman–Crippen MR) is 26.0 cm³/mol. The van der Waals surface area contributed by atoms with Crippen molar-refractivity contribution in [2.24, 2.45) is 0 Å². The minimum absolute atomic E-state index is 0.0592. The van der Waals surface area contributed by atoms with Crippen molar-refractivity contribution in [1.82, 2.24) is 0 Å². The Hall–Kier alpha value is -0.0900. The van der Waals surface area contributed by atoms with E-state index in [-0.39, 0.29) is 11.9 Å². The van der Waals surface area contributed by atoms with Gasteiger partial charge in [-0.2, -0.15) is 0 Å². The third kappa shape index (κ3) is 5.91. The van der Waals surface area contributed by atoms with E-state index < -0.39 is 10.7 Å². The maximum Gasteiger partial charge on any atom is 0.143 e. The van der Waals surface area contributed by atoms with Gasteiger partial charge in [0.05, 0.1) is 5.75 Å². The number of hydrogen-bond donors (Lipinski definition) is 2. The summed E-state index contributed by atoms with van der Waals surface area (Å²) in [4.78, 5) is 0. The Morgan fingerprint density at radius 1 is 1.71 bits per heavy atom. The average molecular weight is 123 g/mol. The first-order chi connectivity index (χ1) is 3.13. The molecule has 0 rings (SSSR count). The zero-order valence-corrected chi connectivity index (χ0v) is 4.81. The summed E-state index contributed by atoms with van der Waals surface area (Å²) in [7, 11) is -2.43. The van der Waals surface area contributed by atoms with Crippen molar-refractivity contribution in [2.45, 2.75) is 6.92 Å². The van der Waals surface area contributed by atoms with Gasteiger partial charge in [0.2, 0.25) is 0 Å². The van der Waals surface area contributed by atoms with E-state index in [0.717, 1.165) is 0 Å². The number of aliphatic hydroxyl groups excluding tert-OH is 1. The molecule has 3 nitrogen and oxygen atoms in total. The molecule has 0 saturated heterocycles. The fourth-order valence-electron chi connectivity index (χ4n) is 0.187. The fourth-order valence-corrected chi connectivity index (χ4v) is 0.561. The second-order valence-electron chi connectivity index (χ2n) is 1.23. The van der Waals surface area contributed by atoms with Gasteiger partial charge in [0.1, 0.15) is 16.8 Å². The second-order valence-corrected chi connectivity index (χ2v) is 2.21. The van der Waals surface area contributed by atoms with Crippen LogP contribution in [0.15, 0.2) is 0 Å². The van der Waals surface area contributed by atoms with Gasteiger partial charge in [0.15, 0.2) is 0 Å². The molecule has 0 aliphatic heterocycles. The highest BCUT2D eigenvalue weighted by Crippen LogP contribution is 1.87. The summed E-state index contributed by atoms with van der Waals surface area (Å²) < 4.78 is 19.3. The van der Waals surface area contributed by atoms with E-state index in [9.17, 15) is 8.42 Å². The van der Waals surface area contributed by atoms with Crippen molar-refractivity contribution >= 4 is 10.7 Å². The van der Waals surface area contributed by atoms with E-state index >= 15 is 0 Å². The van der Waals surface area contributed by atoms with Crippen molar-refractivity contribution in [3.63, 3.8) is 0 Å². The third-order valence-corrected chi connectivity index (χ3v) is 1.07. The molecule has 1 radical (unpaired) electrons. The topological polar surface area (TPSA) is 54.4 Å². The second kappa shape index (κ2) is 2.98. The summed E-state index contributed by atoms with van der Waals surface area (Å²) in [5, 5.41) is 8.26. The molecule has 0 spiro atoms. The molecular weight excluding hydrogens is 116 g/mol. The van der Waals surface area contributed by atoms with Crippen LogP contribution in [0.25, 0.3) is 0 Å². The molecule has 0 aliphatic rings. The lowest BCUT2D eigenvalue weighted by Gasteiger charge is -1.89. The summed E-state index contributed by atoms with van der Waals surface area (Å²) >= 11 is 0. The molecule has 0 saturated carbocycles. The zero-order chi connectivity index (χ0) is 5.86. The van der Waals surface area contributed by atoms with Gasteiger partial charge in [0, 0.05) is 0 Å². The summed E-state index contributed by atoms with van der Waals surface area (Å²) in [5.41, 5.74) is 0. The molecule has 0 aromatic carbocycles. The maximum atomic E-state index is 9.67.